The summed E-state index contributed by atoms with van der Waals surface area (Å²) in [5.74, 6) is -1.16. The smallest absolute Gasteiger partial charge is 0.545 e. The van der Waals surface area contributed by atoms with Gasteiger partial charge < -0.3 is 9.90 Å². The van der Waals surface area contributed by atoms with Crippen LogP contribution in [0, 0.1) is 0 Å². The molecule has 1 rings (SSSR count). The number of carboxylic acid groups (broad SMARTS) is 1. The van der Waals surface area contributed by atoms with E-state index in [1.165, 1.54) is 6.07 Å². The van der Waals surface area contributed by atoms with Crippen LogP contribution in [-0.4, -0.2) is 11.0 Å². The Kier molecular flexibility index (Phi) is 4.64. The number of carbonyl (C=O) groups excluding carboxylic acids is 1. The van der Waals surface area contributed by atoms with Gasteiger partial charge in [0.05, 0.1) is 5.97 Å². The van der Waals surface area contributed by atoms with Crippen LogP contribution in [0.1, 0.15) is 23.0 Å². The van der Waals surface area contributed by atoms with Crippen LogP contribution >= 0.6 is 0 Å². The quantitative estimate of drug-likeness (QED) is 0.430. The van der Waals surface area contributed by atoms with Gasteiger partial charge in [-0.2, -0.15) is 0 Å². The molecule has 0 N–H and O–H groups in total. The third-order valence-electron chi connectivity index (χ3n) is 1.45. The standard InChI is InChI=1S/C8H9NO2.Li/c1-2-7-6(8(10)11)4-3-5-9-7;/h3-5H,2H2,1H3,(H,10,11);/q;+1/p-1. The zero-order chi connectivity index (χ0) is 8.27. The summed E-state index contributed by atoms with van der Waals surface area (Å²) >= 11 is 0. The Balaban J connectivity index is 0.00000121. The SMILES string of the molecule is CCc1ncccc1C(=O)[O-].[Li+]. The van der Waals surface area contributed by atoms with Gasteiger partial charge in [-0.1, -0.05) is 6.92 Å². The maximum Gasteiger partial charge on any atom is 1.00 e. The normalized spacial score (nSPS) is 8.75. The van der Waals surface area contributed by atoms with Gasteiger partial charge in [-0.15, -0.1) is 0 Å². The van der Waals surface area contributed by atoms with Crippen LogP contribution < -0.4 is 24.0 Å². The molecule has 0 radical (unpaired) electrons. The van der Waals surface area contributed by atoms with Crippen LogP contribution in [-0.2, 0) is 6.42 Å². The Labute approximate surface area is 83.0 Å². The molecule has 0 amide bonds. The van der Waals surface area contributed by atoms with E-state index in [4.69, 9.17) is 0 Å². The molecule has 0 fully saturated rings. The molecule has 0 aliphatic rings. The van der Waals surface area contributed by atoms with E-state index in [2.05, 4.69) is 4.98 Å². The second-order valence-electron chi connectivity index (χ2n) is 2.14. The molecule has 12 heavy (non-hydrogen) atoms. The Morgan fingerprint density at radius 3 is 2.75 bits per heavy atom. The molecule has 0 atom stereocenters. The molecule has 0 saturated carbocycles. The number of pyridine rings is 1. The average Bonchev–Trinajstić information content (AvgIpc) is 2.04. The summed E-state index contributed by atoms with van der Waals surface area (Å²) < 4.78 is 0. The molecule has 0 aliphatic carbocycles. The summed E-state index contributed by atoms with van der Waals surface area (Å²) in [6.07, 6.45) is 2.19. The summed E-state index contributed by atoms with van der Waals surface area (Å²) in [7, 11) is 0. The fourth-order valence-electron chi connectivity index (χ4n) is 0.906. The third-order valence-corrected chi connectivity index (χ3v) is 1.45. The van der Waals surface area contributed by atoms with Crippen LogP contribution in [0.4, 0.5) is 0 Å². The maximum absolute atomic E-state index is 10.4. The Morgan fingerprint density at radius 1 is 1.67 bits per heavy atom. The van der Waals surface area contributed by atoms with Crippen LogP contribution in [0.25, 0.3) is 0 Å². The summed E-state index contributed by atoms with van der Waals surface area (Å²) in [6.45, 7) is 1.86. The van der Waals surface area contributed by atoms with Crippen LogP contribution in [0.3, 0.4) is 0 Å². The average molecular weight is 157 g/mol. The van der Waals surface area contributed by atoms with Crippen LogP contribution in [0.15, 0.2) is 18.3 Å². The van der Waals surface area contributed by atoms with Gasteiger partial charge in [0.2, 0.25) is 0 Å². The van der Waals surface area contributed by atoms with Gasteiger partial charge in [0, 0.05) is 17.5 Å². The van der Waals surface area contributed by atoms with E-state index in [9.17, 15) is 9.90 Å². The largest absolute Gasteiger partial charge is 1.00 e. The predicted molar refractivity (Wildman–Crippen MR) is 37.9 cm³/mol. The monoisotopic (exact) mass is 157 g/mol. The number of hydrogen-bond donors (Lipinski definition) is 0. The van der Waals surface area contributed by atoms with Crippen molar-refractivity contribution in [1.82, 2.24) is 4.98 Å². The molecule has 0 aliphatic heterocycles. The van der Waals surface area contributed by atoms with Crippen molar-refractivity contribution in [2.24, 2.45) is 0 Å². The number of aryl methyl sites for hydroxylation is 1. The summed E-state index contributed by atoms with van der Waals surface area (Å²) in [5.41, 5.74) is 0.766. The van der Waals surface area contributed by atoms with E-state index in [-0.39, 0.29) is 24.4 Å². The van der Waals surface area contributed by atoms with E-state index in [0.717, 1.165) is 0 Å². The summed E-state index contributed by atoms with van der Waals surface area (Å²) in [6, 6.07) is 3.09. The van der Waals surface area contributed by atoms with Gasteiger partial charge in [0.15, 0.2) is 0 Å². The zero-order valence-corrected chi connectivity index (χ0v) is 7.20. The fourth-order valence-corrected chi connectivity index (χ4v) is 0.906. The molecule has 1 heterocycles. The minimum Gasteiger partial charge on any atom is -0.545 e. The van der Waals surface area contributed by atoms with Gasteiger partial charge in [-0.3, -0.25) is 4.98 Å². The van der Waals surface area contributed by atoms with Crippen molar-refractivity contribution < 1.29 is 28.8 Å². The van der Waals surface area contributed by atoms with Crippen molar-refractivity contribution in [3.63, 3.8) is 0 Å². The summed E-state index contributed by atoms with van der Waals surface area (Å²) in [4.78, 5) is 14.3. The molecule has 0 unspecified atom stereocenters. The first-order chi connectivity index (χ1) is 5.25. The van der Waals surface area contributed by atoms with Gasteiger partial charge in [-0.25, -0.2) is 0 Å². The van der Waals surface area contributed by atoms with Crippen molar-refractivity contribution in [3.8, 4) is 0 Å². The molecule has 1 aromatic heterocycles. The molecular weight excluding hydrogens is 149 g/mol. The first-order valence-corrected chi connectivity index (χ1v) is 3.41. The molecule has 3 nitrogen and oxygen atoms in total. The molecule has 0 spiro atoms. The third kappa shape index (κ3) is 2.37. The van der Waals surface area contributed by atoms with E-state index < -0.39 is 5.97 Å². The van der Waals surface area contributed by atoms with Crippen molar-refractivity contribution in [2.45, 2.75) is 13.3 Å². The van der Waals surface area contributed by atoms with Crippen LogP contribution in [0.5, 0.6) is 0 Å². The maximum atomic E-state index is 10.4. The van der Waals surface area contributed by atoms with Crippen molar-refractivity contribution in [3.05, 3.63) is 29.6 Å². The van der Waals surface area contributed by atoms with Gasteiger partial charge in [0.25, 0.3) is 0 Å². The molecule has 0 bridgehead atoms. The van der Waals surface area contributed by atoms with Crippen molar-refractivity contribution >= 4 is 5.97 Å². The Morgan fingerprint density at radius 2 is 2.33 bits per heavy atom. The summed E-state index contributed by atoms with van der Waals surface area (Å²) in [5, 5.41) is 10.4. The first-order valence-electron chi connectivity index (χ1n) is 3.41. The molecule has 1 aromatic rings. The topological polar surface area (TPSA) is 53.0 Å². The number of nitrogens with zero attached hydrogens (tertiary/aromatic N) is 1. The van der Waals surface area contributed by atoms with Crippen molar-refractivity contribution in [2.75, 3.05) is 0 Å². The second kappa shape index (κ2) is 4.97. The number of aromatic nitrogens is 1. The number of carbonyl (C=O) groups is 1. The predicted octanol–water partition coefficient (Wildman–Crippen LogP) is -2.99. The molecule has 0 aromatic carbocycles. The molecular formula is C8H8LiNO2. The number of aromatic carboxylic acids is 1. The minimum absolute atomic E-state index is 0. The molecule has 0 saturated heterocycles. The fraction of sp³-hybridized carbons (Fsp3) is 0.250. The Bertz CT molecular complexity index is 276. The first kappa shape index (κ1) is 11.2. The number of carboxylic acids is 1. The van der Waals surface area contributed by atoms with Gasteiger partial charge in [0.1, 0.15) is 0 Å². The van der Waals surface area contributed by atoms with E-state index in [0.29, 0.717) is 12.1 Å². The van der Waals surface area contributed by atoms with Gasteiger partial charge >= 0.3 is 18.9 Å². The van der Waals surface area contributed by atoms with Crippen molar-refractivity contribution in [1.29, 1.82) is 0 Å². The zero-order valence-electron chi connectivity index (χ0n) is 7.20. The molecule has 58 valence electrons. The van der Waals surface area contributed by atoms with E-state index >= 15 is 0 Å². The van der Waals surface area contributed by atoms with E-state index in [1.807, 2.05) is 6.92 Å². The Hall–Kier alpha value is -0.783. The van der Waals surface area contributed by atoms with Gasteiger partial charge in [-0.05, 0) is 18.6 Å². The number of hydrogen-bond acceptors (Lipinski definition) is 3. The molecule has 4 heteroatoms. The second-order valence-corrected chi connectivity index (χ2v) is 2.14. The minimum atomic E-state index is -1.16. The number of rotatable bonds is 2. The van der Waals surface area contributed by atoms with E-state index in [1.54, 1.807) is 12.3 Å². The van der Waals surface area contributed by atoms with Crippen LogP contribution in [0.2, 0.25) is 0 Å².